The molecule has 1 fully saturated rings. The molecular weight excluding hydrogens is 436 g/mol. The highest BCUT2D eigenvalue weighted by Gasteiger charge is 2.35. The number of piperidine rings is 1. The summed E-state index contributed by atoms with van der Waals surface area (Å²) in [6, 6.07) is 25.5. The average molecular weight is 461 g/mol. The van der Waals surface area contributed by atoms with E-state index in [9.17, 15) is 9.90 Å². The minimum atomic E-state index is -0.719. The quantitative estimate of drug-likeness (QED) is 0.394. The summed E-state index contributed by atoms with van der Waals surface area (Å²) in [7, 11) is 0. The molecule has 1 amide bonds. The number of hydrogen-bond acceptors (Lipinski definition) is 3. The number of carbonyl (C=O) groups is 1. The van der Waals surface area contributed by atoms with Crippen molar-refractivity contribution < 1.29 is 14.6 Å². The van der Waals surface area contributed by atoms with Gasteiger partial charge >= 0.3 is 6.09 Å². The van der Waals surface area contributed by atoms with Gasteiger partial charge in [-0.3, -0.25) is 0 Å². The van der Waals surface area contributed by atoms with Gasteiger partial charge < -0.3 is 19.7 Å². The topological polar surface area (TPSA) is 65.6 Å². The summed E-state index contributed by atoms with van der Waals surface area (Å²) in [4.78, 5) is 17.7. The number of halogens is 1. The Kier molecular flexibility index (Phi) is 6.07. The minimum Gasteiger partial charge on any atom is -0.445 e. The number of aromatic amines is 1. The predicted octanol–water partition coefficient (Wildman–Crippen LogP) is 5.98. The molecule has 5 rings (SSSR count). The first-order valence-corrected chi connectivity index (χ1v) is 11.5. The van der Waals surface area contributed by atoms with Crippen molar-refractivity contribution in [3.05, 3.63) is 95.0 Å². The van der Waals surface area contributed by atoms with E-state index in [-0.39, 0.29) is 19.1 Å². The van der Waals surface area contributed by atoms with E-state index in [1.165, 1.54) is 0 Å². The lowest BCUT2D eigenvalue weighted by Gasteiger charge is -2.35. The predicted molar refractivity (Wildman–Crippen MR) is 130 cm³/mol. The number of β-amino-alcohol motifs (C(OH)–C–C–N with tert-alkyl or cyclic N) is 1. The maximum Gasteiger partial charge on any atom is 0.410 e. The van der Waals surface area contributed by atoms with Crippen LogP contribution in [-0.4, -0.2) is 40.3 Å². The summed E-state index contributed by atoms with van der Waals surface area (Å²) in [6.45, 7) is 0.950. The number of ether oxygens (including phenoxy) is 1. The second-order valence-corrected chi connectivity index (χ2v) is 8.85. The third-order valence-corrected chi connectivity index (χ3v) is 6.51. The lowest BCUT2D eigenvalue weighted by molar-refractivity contribution is 0.0348. The summed E-state index contributed by atoms with van der Waals surface area (Å²) in [5.41, 5.74) is 4.99. The van der Waals surface area contributed by atoms with E-state index < -0.39 is 12.2 Å². The zero-order chi connectivity index (χ0) is 22.8. The van der Waals surface area contributed by atoms with Gasteiger partial charge in [0.2, 0.25) is 0 Å². The third-order valence-electron chi connectivity index (χ3n) is 6.28. The first kappa shape index (κ1) is 21.6. The Hall–Kier alpha value is -3.28. The molecular formula is C27H25ClN2O3. The van der Waals surface area contributed by atoms with E-state index >= 15 is 0 Å². The molecule has 5 nitrogen and oxygen atoms in total. The van der Waals surface area contributed by atoms with E-state index in [1.807, 2.05) is 66.7 Å². The first-order valence-electron chi connectivity index (χ1n) is 11.1. The van der Waals surface area contributed by atoms with Crippen LogP contribution in [0.4, 0.5) is 4.79 Å². The second kappa shape index (κ2) is 9.30. The number of carbonyl (C=O) groups excluding carboxylic acids is 1. The van der Waals surface area contributed by atoms with Gasteiger partial charge in [0.15, 0.2) is 0 Å². The van der Waals surface area contributed by atoms with Gasteiger partial charge in [0.1, 0.15) is 6.61 Å². The number of rotatable bonds is 4. The second-order valence-electron chi connectivity index (χ2n) is 8.42. The van der Waals surface area contributed by atoms with Gasteiger partial charge in [-0.2, -0.15) is 0 Å². The number of aliphatic hydroxyl groups excluding tert-OH is 1. The number of nitrogens with zero attached hydrogens (tertiary/aromatic N) is 1. The fourth-order valence-corrected chi connectivity index (χ4v) is 4.82. The molecule has 4 aromatic rings. The molecule has 2 N–H and O–H groups in total. The van der Waals surface area contributed by atoms with Crippen LogP contribution in [0.1, 0.15) is 23.5 Å². The van der Waals surface area contributed by atoms with Crippen LogP contribution in [0.5, 0.6) is 0 Å². The van der Waals surface area contributed by atoms with Crippen LogP contribution in [0, 0.1) is 0 Å². The summed E-state index contributed by atoms with van der Waals surface area (Å²) >= 11 is 6.33. The molecule has 2 atom stereocenters. The van der Waals surface area contributed by atoms with E-state index in [0.717, 1.165) is 33.3 Å². The van der Waals surface area contributed by atoms with Crippen molar-refractivity contribution in [3.63, 3.8) is 0 Å². The third kappa shape index (κ3) is 4.47. The molecule has 3 aromatic carbocycles. The highest BCUT2D eigenvalue weighted by Crippen LogP contribution is 2.41. The number of amides is 1. The zero-order valence-corrected chi connectivity index (χ0v) is 18.8. The Morgan fingerprint density at radius 1 is 1.06 bits per heavy atom. The van der Waals surface area contributed by atoms with E-state index in [1.54, 1.807) is 4.90 Å². The summed E-state index contributed by atoms with van der Waals surface area (Å²) in [6.07, 6.45) is -0.494. The molecule has 33 heavy (non-hydrogen) atoms. The van der Waals surface area contributed by atoms with E-state index in [4.69, 9.17) is 16.3 Å². The van der Waals surface area contributed by atoms with Crippen molar-refractivity contribution in [3.8, 4) is 11.3 Å². The van der Waals surface area contributed by atoms with Gasteiger partial charge in [-0.1, -0.05) is 72.3 Å². The van der Waals surface area contributed by atoms with Crippen LogP contribution in [0.3, 0.4) is 0 Å². The molecule has 0 spiro atoms. The van der Waals surface area contributed by atoms with Crippen molar-refractivity contribution in [2.75, 3.05) is 13.1 Å². The van der Waals surface area contributed by atoms with E-state index in [0.29, 0.717) is 18.0 Å². The molecule has 6 heteroatoms. The van der Waals surface area contributed by atoms with Crippen molar-refractivity contribution in [2.45, 2.75) is 25.0 Å². The number of aromatic nitrogens is 1. The normalized spacial score (nSPS) is 18.4. The first-order chi connectivity index (χ1) is 16.1. The molecule has 2 heterocycles. The molecule has 1 aromatic heterocycles. The molecule has 0 unspecified atom stereocenters. The summed E-state index contributed by atoms with van der Waals surface area (Å²) in [5, 5.41) is 12.8. The molecule has 0 aliphatic carbocycles. The minimum absolute atomic E-state index is 0.134. The SMILES string of the molecule is O=C(OCc1ccccc1)N1CC[C@@H](c2c(-c3ccccc3)[nH]c3ccc(Cl)cc23)[C@H](O)C1. The fraction of sp³-hybridized carbons (Fsp3) is 0.222. The number of hydrogen-bond donors (Lipinski definition) is 2. The van der Waals surface area contributed by atoms with E-state index in [2.05, 4.69) is 17.1 Å². The molecule has 168 valence electrons. The molecule has 0 radical (unpaired) electrons. The number of benzene rings is 3. The van der Waals surface area contributed by atoms with Gasteiger partial charge in [-0.25, -0.2) is 4.79 Å². The largest absolute Gasteiger partial charge is 0.445 e. The van der Waals surface area contributed by atoms with Crippen molar-refractivity contribution in [1.82, 2.24) is 9.88 Å². The Bertz CT molecular complexity index is 1260. The maximum atomic E-state index is 12.6. The van der Waals surface area contributed by atoms with Crippen LogP contribution in [-0.2, 0) is 11.3 Å². The fourth-order valence-electron chi connectivity index (χ4n) is 4.65. The van der Waals surface area contributed by atoms with Crippen LogP contribution < -0.4 is 0 Å². The van der Waals surface area contributed by atoms with Gasteiger partial charge in [-0.05, 0) is 41.3 Å². The van der Waals surface area contributed by atoms with Gasteiger partial charge in [0.25, 0.3) is 0 Å². The van der Waals surface area contributed by atoms with Gasteiger partial charge in [0.05, 0.1) is 18.3 Å². The summed E-state index contributed by atoms with van der Waals surface area (Å²) in [5.74, 6) is -0.134. The molecule has 0 saturated carbocycles. The van der Waals surface area contributed by atoms with Crippen LogP contribution >= 0.6 is 11.6 Å². The zero-order valence-electron chi connectivity index (χ0n) is 18.1. The lowest BCUT2D eigenvalue weighted by atomic mass is 9.84. The number of nitrogens with one attached hydrogen (secondary N) is 1. The average Bonchev–Trinajstić information content (AvgIpc) is 3.22. The smallest absolute Gasteiger partial charge is 0.410 e. The molecule has 1 aliphatic rings. The molecule has 0 bridgehead atoms. The van der Waals surface area contributed by atoms with Crippen molar-refractivity contribution in [1.29, 1.82) is 0 Å². The highest BCUT2D eigenvalue weighted by molar-refractivity contribution is 6.31. The Balaban J connectivity index is 1.39. The number of H-pyrrole nitrogens is 1. The van der Waals surface area contributed by atoms with Crippen LogP contribution in [0.25, 0.3) is 22.2 Å². The maximum absolute atomic E-state index is 12.6. The number of aliphatic hydroxyl groups is 1. The van der Waals surface area contributed by atoms with Gasteiger partial charge in [-0.15, -0.1) is 0 Å². The standard InChI is InChI=1S/C27H25ClN2O3/c28-20-11-12-23-22(15-20)25(26(29-23)19-9-5-2-6-10-19)21-13-14-30(16-24(21)31)27(32)33-17-18-7-3-1-4-8-18/h1-12,15,21,24,29,31H,13-14,16-17H2/t21-,24-/m1/s1. The van der Waals surface area contributed by atoms with Crippen LogP contribution in [0.15, 0.2) is 78.9 Å². The van der Waals surface area contributed by atoms with Crippen molar-refractivity contribution in [2.24, 2.45) is 0 Å². The highest BCUT2D eigenvalue weighted by atomic mass is 35.5. The Morgan fingerprint density at radius 3 is 2.52 bits per heavy atom. The lowest BCUT2D eigenvalue weighted by Crippen LogP contribution is -2.46. The number of fused-ring (bicyclic) bond motifs is 1. The molecule has 1 aliphatic heterocycles. The van der Waals surface area contributed by atoms with Crippen LogP contribution in [0.2, 0.25) is 5.02 Å². The Labute approximate surface area is 197 Å². The monoisotopic (exact) mass is 460 g/mol. The summed E-state index contributed by atoms with van der Waals surface area (Å²) < 4.78 is 5.47. The Morgan fingerprint density at radius 2 is 1.79 bits per heavy atom. The van der Waals surface area contributed by atoms with Gasteiger partial charge in [0, 0.05) is 28.4 Å². The van der Waals surface area contributed by atoms with Crippen molar-refractivity contribution >= 4 is 28.6 Å². The number of likely N-dealkylation sites (tertiary alicyclic amines) is 1. The molecule has 1 saturated heterocycles.